The molecule has 0 aliphatic carbocycles. The van der Waals surface area contributed by atoms with Crippen molar-refractivity contribution in [3.05, 3.63) is 0 Å². The third kappa shape index (κ3) is 2.38. The van der Waals surface area contributed by atoms with E-state index in [9.17, 15) is 4.79 Å². The molecule has 2 fully saturated rings. The average molecular weight is 242 g/mol. The molecular weight excluding hydrogens is 220 g/mol. The third-order valence-corrected chi connectivity index (χ3v) is 5.00. The minimum atomic E-state index is 0.136. The molecule has 0 bridgehead atoms. The Bertz CT molecular complexity index is 262. The Morgan fingerprint density at radius 2 is 2.12 bits per heavy atom. The molecule has 0 aromatic rings. The maximum atomic E-state index is 12.2. The molecular formula is C12H22N2OS. The third-order valence-electron chi connectivity index (χ3n) is 3.45. The van der Waals surface area contributed by atoms with Gasteiger partial charge in [0.1, 0.15) is 0 Å². The molecule has 1 amide bonds. The summed E-state index contributed by atoms with van der Waals surface area (Å²) in [7, 11) is 0. The number of carbonyl (C=O) groups is 1. The zero-order valence-corrected chi connectivity index (χ0v) is 11.1. The number of thioether (sulfide) groups is 1. The number of amides is 1. The van der Waals surface area contributed by atoms with Crippen molar-refractivity contribution in [2.24, 2.45) is 5.92 Å². The summed E-state index contributed by atoms with van der Waals surface area (Å²) < 4.78 is 0. The summed E-state index contributed by atoms with van der Waals surface area (Å²) in [5.74, 6) is 1.95. The second kappa shape index (κ2) is 4.96. The van der Waals surface area contributed by atoms with Crippen molar-refractivity contribution in [1.82, 2.24) is 10.2 Å². The van der Waals surface area contributed by atoms with E-state index in [0.29, 0.717) is 18.2 Å². The number of nitrogens with one attached hydrogen (secondary N) is 1. The molecule has 92 valence electrons. The van der Waals surface area contributed by atoms with Crippen molar-refractivity contribution < 1.29 is 4.79 Å². The van der Waals surface area contributed by atoms with Gasteiger partial charge in [0.15, 0.2) is 0 Å². The van der Waals surface area contributed by atoms with Gasteiger partial charge < -0.3 is 10.2 Å². The fraction of sp³-hybridized carbons (Fsp3) is 0.917. The highest BCUT2D eigenvalue weighted by Crippen LogP contribution is 2.42. The van der Waals surface area contributed by atoms with E-state index in [1.807, 2.05) is 11.8 Å². The van der Waals surface area contributed by atoms with E-state index >= 15 is 0 Å². The van der Waals surface area contributed by atoms with Crippen LogP contribution in [0.25, 0.3) is 0 Å². The van der Waals surface area contributed by atoms with Crippen LogP contribution in [0.4, 0.5) is 0 Å². The fourth-order valence-corrected chi connectivity index (χ4v) is 4.15. The van der Waals surface area contributed by atoms with Crippen LogP contribution in [0.1, 0.15) is 33.1 Å². The zero-order chi connectivity index (χ0) is 11.6. The van der Waals surface area contributed by atoms with Crippen LogP contribution < -0.4 is 5.32 Å². The highest BCUT2D eigenvalue weighted by atomic mass is 32.2. The van der Waals surface area contributed by atoms with Gasteiger partial charge in [-0.3, -0.25) is 4.79 Å². The lowest BCUT2D eigenvalue weighted by molar-refractivity contribution is -0.135. The van der Waals surface area contributed by atoms with Gasteiger partial charge >= 0.3 is 0 Å². The van der Waals surface area contributed by atoms with Crippen LogP contribution in [-0.4, -0.2) is 41.1 Å². The van der Waals surface area contributed by atoms with Crippen molar-refractivity contribution in [3.63, 3.8) is 0 Å². The van der Waals surface area contributed by atoms with Crippen LogP contribution in [0.15, 0.2) is 0 Å². The van der Waals surface area contributed by atoms with Crippen LogP contribution >= 0.6 is 11.8 Å². The first-order valence-electron chi connectivity index (χ1n) is 6.29. The first-order chi connectivity index (χ1) is 7.64. The van der Waals surface area contributed by atoms with E-state index in [1.54, 1.807) is 0 Å². The Morgan fingerprint density at radius 3 is 2.75 bits per heavy atom. The zero-order valence-electron chi connectivity index (χ0n) is 10.3. The number of hydrogen-bond acceptors (Lipinski definition) is 3. The second-order valence-electron chi connectivity index (χ2n) is 5.19. The lowest BCUT2D eigenvalue weighted by Gasteiger charge is -2.41. The molecule has 2 saturated heterocycles. The molecule has 0 radical (unpaired) electrons. The molecule has 2 aliphatic rings. The Balaban J connectivity index is 2.04. The van der Waals surface area contributed by atoms with Crippen molar-refractivity contribution in [3.8, 4) is 0 Å². The summed E-state index contributed by atoms with van der Waals surface area (Å²) in [4.78, 5) is 14.5. The largest absolute Gasteiger partial charge is 0.327 e. The highest BCUT2D eigenvalue weighted by Gasteiger charge is 2.44. The van der Waals surface area contributed by atoms with E-state index < -0.39 is 0 Å². The van der Waals surface area contributed by atoms with E-state index in [4.69, 9.17) is 0 Å². The molecule has 2 aliphatic heterocycles. The molecule has 0 atom stereocenters. The predicted molar refractivity (Wildman–Crippen MR) is 68.5 cm³/mol. The first kappa shape index (κ1) is 12.2. The number of carbonyl (C=O) groups excluding carboxylic acids is 1. The van der Waals surface area contributed by atoms with Gasteiger partial charge in [0.05, 0.1) is 4.87 Å². The van der Waals surface area contributed by atoms with Crippen LogP contribution in [-0.2, 0) is 4.79 Å². The van der Waals surface area contributed by atoms with Gasteiger partial charge in [-0.15, -0.1) is 11.8 Å². The molecule has 1 N–H and O–H groups in total. The lowest BCUT2D eigenvalue weighted by atomic mass is 10.0. The monoisotopic (exact) mass is 242 g/mol. The minimum absolute atomic E-state index is 0.136. The first-order valence-corrected chi connectivity index (χ1v) is 7.28. The summed E-state index contributed by atoms with van der Waals surface area (Å²) in [6.45, 7) is 7.31. The Kier molecular flexibility index (Phi) is 3.80. The van der Waals surface area contributed by atoms with E-state index in [1.165, 1.54) is 0 Å². The fourth-order valence-electron chi connectivity index (χ4n) is 2.65. The topological polar surface area (TPSA) is 32.3 Å². The molecule has 2 heterocycles. The molecule has 1 spiro atoms. The summed E-state index contributed by atoms with van der Waals surface area (Å²) in [5, 5.41) is 3.38. The summed E-state index contributed by atoms with van der Waals surface area (Å²) in [6, 6.07) is 0. The quantitative estimate of drug-likeness (QED) is 0.800. The van der Waals surface area contributed by atoms with E-state index in [2.05, 4.69) is 24.1 Å². The molecule has 0 aromatic heterocycles. The van der Waals surface area contributed by atoms with Gasteiger partial charge in [0.2, 0.25) is 5.91 Å². The maximum Gasteiger partial charge on any atom is 0.223 e. The van der Waals surface area contributed by atoms with Crippen LogP contribution in [0.3, 0.4) is 0 Å². The minimum Gasteiger partial charge on any atom is -0.327 e. The number of hydrogen-bond donors (Lipinski definition) is 1. The number of rotatable bonds is 2. The SMILES string of the molecule is CC(C)CC(=O)N1CCSC12CCNCC2. The lowest BCUT2D eigenvalue weighted by Crippen LogP contribution is -2.51. The van der Waals surface area contributed by atoms with Crippen molar-refractivity contribution in [2.45, 2.75) is 38.0 Å². The van der Waals surface area contributed by atoms with Gasteiger partial charge in [0, 0.05) is 18.7 Å². The maximum absolute atomic E-state index is 12.2. The smallest absolute Gasteiger partial charge is 0.223 e. The summed E-state index contributed by atoms with van der Waals surface area (Å²) in [6.07, 6.45) is 2.93. The molecule has 2 rings (SSSR count). The molecule has 0 aromatic carbocycles. The van der Waals surface area contributed by atoms with E-state index in [-0.39, 0.29) is 4.87 Å². The van der Waals surface area contributed by atoms with Crippen LogP contribution in [0.2, 0.25) is 0 Å². The van der Waals surface area contributed by atoms with E-state index in [0.717, 1.165) is 38.2 Å². The van der Waals surface area contributed by atoms with Crippen molar-refractivity contribution in [2.75, 3.05) is 25.4 Å². The highest BCUT2D eigenvalue weighted by molar-refractivity contribution is 8.00. The molecule has 0 saturated carbocycles. The van der Waals surface area contributed by atoms with Gasteiger partial charge in [0.25, 0.3) is 0 Å². The molecule has 16 heavy (non-hydrogen) atoms. The standard InChI is InChI=1S/C12H22N2OS/c1-10(2)9-11(15)14-7-8-16-12(14)3-5-13-6-4-12/h10,13H,3-9H2,1-2H3. The van der Waals surface area contributed by atoms with Gasteiger partial charge in [-0.25, -0.2) is 0 Å². The molecule has 4 heteroatoms. The summed E-state index contributed by atoms with van der Waals surface area (Å²) >= 11 is 1.99. The predicted octanol–water partition coefficient (Wildman–Crippen LogP) is 1.69. The van der Waals surface area contributed by atoms with Gasteiger partial charge in [-0.1, -0.05) is 13.8 Å². The number of piperidine rings is 1. The second-order valence-corrected chi connectivity index (χ2v) is 6.64. The normalized spacial score (nSPS) is 24.3. The van der Waals surface area contributed by atoms with Gasteiger partial charge in [-0.05, 0) is 31.8 Å². The number of nitrogens with zero attached hydrogens (tertiary/aromatic N) is 1. The van der Waals surface area contributed by atoms with Crippen molar-refractivity contribution >= 4 is 17.7 Å². The molecule has 3 nitrogen and oxygen atoms in total. The van der Waals surface area contributed by atoms with Crippen LogP contribution in [0, 0.1) is 5.92 Å². The average Bonchev–Trinajstić information content (AvgIpc) is 2.62. The Morgan fingerprint density at radius 1 is 1.44 bits per heavy atom. The van der Waals surface area contributed by atoms with Crippen LogP contribution in [0.5, 0.6) is 0 Å². The van der Waals surface area contributed by atoms with Gasteiger partial charge in [-0.2, -0.15) is 0 Å². The Labute approximate surface area is 102 Å². The molecule has 0 unspecified atom stereocenters. The Hall–Kier alpha value is -0.220. The van der Waals surface area contributed by atoms with Crippen molar-refractivity contribution in [1.29, 1.82) is 0 Å². The summed E-state index contributed by atoms with van der Waals surface area (Å²) in [5.41, 5.74) is 0.